The Morgan fingerprint density at radius 1 is 1.60 bits per heavy atom. The molecule has 2 heterocycles. The molecule has 2 rings (SSSR count). The SMILES string of the molecule is CCc1occc1C(=O)Nc1c(/C(N)=N/O)cnn1C. The molecule has 0 radical (unpaired) electrons. The normalized spacial score (nSPS) is 11.6. The standard InChI is InChI=1S/C12H15N5O3/c1-3-9-7(4-5-20-9)12(18)15-11-8(10(13)16-19)6-14-17(11)2/h4-6,19H,3H2,1-2H3,(H2,13,16)(H,15,18). The van der Waals surface area contributed by atoms with E-state index >= 15 is 0 Å². The first-order chi connectivity index (χ1) is 9.58. The van der Waals surface area contributed by atoms with Crippen LogP contribution in [0.5, 0.6) is 0 Å². The number of oxime groups is 1. The molecule has 8 nitrogen and oxygen atoms in total. The Morgan fingerprint density at radius 3 is 3.00 bits per heavy atom. The topological polar surface area (TPSA) is 119 Å². The van der Waals surface area contributed by atoms with Gasteiger partial charge in [-0.15, -0.1) is 0 Å². The van der Waals surface area contributed by atoms with Crippen LogP contribution in [0, 0.1) is 0 Å². The van der Waals surface area contributed by atoms with Crippen LogP contribution in [0.25, 0.3) is 0 Å². The highest BCUT2D eigenvalue weighted by Gasteiger charge is 2.19. The average molecular weight is 277 g/mol. The number of hydrogen-bond donors (Lipinski definition) is 3. The van der Waals surface area contributed by atoms with Crippen molar-refractivity contribution in [1.82, 2.24) is 9.78 Å². The van der Waals surface area contributed by atoms with Crippen LogP contribution in [0.15, 0.2) is 28.1 Å². The van der Waals surface area contributed by atoms with Crippen molar-refractivity contribution < 1.29 is 14.4 Å². The van der Waals surface area contributed by atoms with Crippen LogP contribution in [0.1, 0.15) is 28.6 Å². The third kappa shape index (κ3) is 2.35. The lowest BCUT2D eigenvalue weighted by Crippen LogP contribution is -2.20. The Hall–Kier alpha value is -2.77. The molecule has 20 heavy (non-hydrogen) atoms. The molecule has 0 bridgehead atoms. The van der Waals surface area contributed by atoms with Gasteiger partial charge in [0.25, 0.3) is 5.91 Å². The molecule has 0 saturated carbocycles. The number of furan rings is 1. The van der Waals surface area contributed by atoms with E-state index in [2.05, 4.69) is 15.6 Å². The van der Waals surface area contributed by atoms with E-state index in [4.69, 9.17) is 15.4 Å². The van der Waals surface area contributed by atoms with Gasteiger partial charge in [-0.05, 0) is 6.07 Å². The van der Waals surface area contributed by atoms with Gasteiger partial charge < -0.3 is 20.7 Å². The largest absolute Gasteiger partial charge is 0.469 e. The van der Waals surface area contributed by atoms with Crippen molar-refractivity contribution in [1.29, 1.82) is 0 Å². The van der Waals surface area contributed by atoms with Gasteiger partial charge in [0.05, 0.1) is 23.6 Å². The van der Waals surface area contributed by atoms with Crippen LogP contribution in [-0.2, 0) is 13.5 Å². The third-order valence-electron chi connectivity index (χ3n) is 2.87. The van der Waals surface area contributed by atoms with Crippen molar-refractivity contribution in [2.24, 2.45) is 17.9 Å². The van der Waals surface area contributed by atoms with E-state index in [1.807, 2.05) is 6.92 Å². The summed E-state index contributed by atoms with van der Waals surface area (Å²) >= 11 is 0. The minimum atomic E-state index is -0.341. The maximum atomic E-state index is 12.2. The molecule has 0 spiro atoms. The second-order valence-electron chi connectivity index (χ2n) is 4.08. The lowest BCUT2D eigenvalue weighted by Gasteiger charge is -2.07. The summed E-state index contributed by atoms with van der Waals surface area (Å²) < 4.78 is 6.64. The highest BCUT2D eigenvalue weighted by Crippen LogP contribution is 2.17. The van der Waals surface area contributed by atoms with Crippen LogP contribution >= 0.6 is 0 Å². The fourth-order valence-corrected chi connectivity index (χ4v) is 1.82. The van der Waals surface area contributed by atoms with Gasteiger partial charge in [-0.1, -0.05) is 12.1 Å². The molecule has 0 atom stereocenters. The molecule has 0 saturated heterocycles. The van der Waals surface area contributed by atoms with E-state index in [0.29, 0.717) is 29.1 Å². The number of carbonyl (C=O) groups excluding carboxylic acids is 1. The van der Waals surface area contributed by atoms with Crippen molar-refractivity contribution in [2.75, 3.05) is 5.32 Å². The summed E-state index contributed by atoms with van der Waals surface area (Å²) in [5, 5.41) is 18.3. The molecule has 2 aromatic rings. The van der Waals surface area contributed by atoms with Crippen LogP contribution in [0.3, 0.4) is 0 Å². The van der Waals surface area contributed by atoms with Crippen LogP contribution in [0.2, 0.25) is 0 Å². The van der Waals surface area contributed by atoms with Gasteiger partial charge in [-0.3, -0.25) is 9.48 Å². The molecule has 106 valence electrons. The van der Waals surface area contributed by atoms with Crippen molar-refractivity contribution in [3.05, 3.63) is 35.4 Å². The zero-order chi connectivity index (χ0) is 14.7. The van der Waals surface area contributed by atoms with E-state index < -0.39 is 0 Å². The summed E-state index contributed by atoms with van der Waals surface area (Å²) in [5.41, 5.74) is 6.32. The molecular weight excluding hydrogens is 262 g/mol. The summed E-state index contributed by atoms with van der Waals surface area (Å²) in [6.07, 6.45) is 3.47. The van der Waals surface area contributed by atoms with Gasteiger partial charge in [0.15, 0.2) is 5.84 Å². The predicted molar refractivity (Wildman–Crippen MR) is 71.8 cm³/mol. The Morgan fingerprint density at radius 2 is 2.35 bits per heavy atom. The molecule has 1 amide bonds. The second kappa shape index (κ2) is 5.47. The molecule has 0 aromatic carbocycles. The number of nitrogens with zero attached hydrogens (tertiary/aromatic N) is 3. The fourth-order valence-electron chi connectivity index (χ4n) is 1.82. The quantitative estimate of drug-likeness (QED) is 0.332. The van der Waals surface area contributed by atoms with E-state index in [-0.39, 0.29) is 11.7 Å². The smallest absolute Gasteiger partial charge is 0.260 e. The summed E-state index contributed by atoms with van der Waals surface area (Å²) in [4.78, 5) is 12.2. The number of amidine groups is 1. The van der Waals surface area contributed by atoms with Crippen molar-refractivity contribution in [2.45, 2.75) is 13.3 Å². The lowest BCUT2D eigenvalue weighted by atomic mass is 10.2. The third-order valence-corrected chi connectivity index (χ3v) is 2.87. The molecule has 0 fully saturated rings. The van der Waals surface area contributed by atoms with Gasteiger partial charge in [0.1, 0.15) is 11.6 Å². The minimum Gasteiger partial charge on any atom is -0.469 e. The first-order valence-corrected chi connectivity index (χ1v) is 5.96. The lowest BCUT2D eigenvalue weighted by molar-refractivity contribution is 0.102. The predicted octanol–water partition coefficient (Wildman–Crippen LogP) is 0.922. The summed E-state index contributed by atoms with van der Waals surface area (Å²) in [5.74, 6) is 0.464. The number of rotatable bonds is 4. The van der Waals surface area contributed by atoms with Gasteiger partial charge in [-0.25, -0.2) is 0 Å². The zero-order valence-electron chi connectivity index (χ0n) is 11.1. The highest BCUT2D eigenvalue weighted by atomic mass is 16.4. The van der Waals surface area contributed by atoms with Crippen LogP contribution in [-0.4, -0.2) is 26.7 Å². The Labute approximate surface area is 114 Å². The number of nitrogens with two attached hydrogens (primary N) is 1. The van der Waals surface area contributed by atoms with Gasteiger partial charge in [0, 0.05) is 13.5 Å². The molecule has 2 aromatic heterocycles. The molecule has 0 unspecified atom stereocenters. The highest BCUT2D eigenvalue weighted by molar-refractivity contribution is 6.09. The molecular formula is C12H15N5O3. The summed E-state index contributed by atoms with van der Waals surface area (Å²) in [7, 11) is 1.64. The minimum absolute atomic E-state index is 0.128. The molecule has 0 aliphatic rings. The Kier molecular flexibility index (Phi) is 3.74. The van der Waals surface area contributed by atoms with Gasteiger partial charge in [-0.2, -0.15) is 5.10 Å². The summed E-state index contributed by atoms with van der Waals surface area (Å²) in [6.45, 7) is 1.89. The summed E-state index contributed by atoms with van der Waals surface area (Å²) in [6, 6.07) is 1.59. The number of amides is 1. The van der Waals surface area contributed by atoms with Crippen molar-refractivity contribution in [3.63, 3.8) is 0 Å². The van der Waals surface area contributed by atoms with Gasteiger partial charge in [0.2, 0.25) is 0 Å². The maximum absolute atomic E-state index is 12.2. The first kappa shape index (κ1) is 13.7. The van der Waals surface area contributed by atoms with E-state index in [0.717, 1.165) is 0 Å². The maximum Gasteiger partial charge on any atom is 0.260 e. The van der Waals surface area contributed by atoms with E-state index in [1.54, 1.807) is 13.1 Å². The average Bonchev–Trinajstić information content (AvgIpc) is 3.05. The molecule has 0 aliphatic carbocycles. The number of aromatic nitrogens is 2. The van der Waals surface area contributed by atoms with Crippen molar-refractivity contribution in [3.8, 4) is 0 Å². The molecule has 8 heteroatoms. The van der Waals surface area contributed by atoms with E-state index in [1.165, 1.54) is 17.1 Å². The number of hydrogen-bond acceptors (Lipinski definition) is 5. The fraction of sp³-hybridized carbons (Fsp3) is 0.250. The van der Waals surface area contributed by atoms with Crippen molar-refractivity contribution >= 4 is 17.6 Å². The molecule has 0 aliphatic heterocycles. The van der Waals surface area contributed by atoms with Gasteiger partial charge >= 0.3 is 0 Å². The first-order valence-electron chi connectivity index (χ1n) is 5.96. The van der Waals surface area contributed by atoms with Crippen LogP contribution in [0.4, 0.5) is 5.82 Å². The monoisotopic (exact) mass is 277 g/mol. The number of carbonyl (C=O) groups is 1. The Bertz CT molecular complexity index is 656. The second-order valence-corrected chi connectivity index (χ2v) is 4.08. The number of anilines is 1. The van der Waals surface area contributed by atoms with E-state index in [9.17, 15) is 4.79 Å². The number of nitrogens with one attached hydrogen (secondary N) is 1. The number of aryl methyl sites for hydroxylation is 2. The zero-order valence-corrected chi connectivity index (χ0v) is 11.1. The molecule has 4 N–H and O–H groups in total. The van der Waals surface area contributed by atoms with Crippen LogP contribution < -0.4 is 11.1 Å². The Balaban J connectivity index is 2.31.